The van der Waals surface area contributed by atoms with Gasteiger partial charge in [-0.1, -0.05) is 48.5 Å². The molecule has 0 aromatic heterocycles. The first kappa shape index (κ1) is 10.1. The predicted octanol–water partition coefficient (Wildman–Crippen LogP) is 4.62. The molecule has 0 spiro atoms. The summed E-state index contributed by atoms with van der Waals surface area (Å²) in [5.74, 6) is 0. The van der Waals surface area contributed by atoms with Crippen LogP contribution in [0.2, 0.25) is 0 Å². The van der Waals surface area contributed by atoms with Crippen molar-refractivity contribution in [2.75, 3.05) is 0 Å². The van der Waals surface area contributed by atoms with E-state index in [4.69, 9.17) is 0 Å². The minimum Gasteiger partial charge on any atom is -0.0616 e. The molecule has 0 saturated carbocycles. The highest BCUT2D eigenvalue weighted by Gasteiger charge is 1.99. The van der Waals surface area contributed by atoms with Crippen molar-refractivity contribution in [2.45, 2.75) is 6.92 Å². The van der Waals surface area contributed by atoms with Gasteiger partial charge in [0.2, 0.25) is 0 Å². The smallest absolute Gasteiger partial charge is 0.0175 e. The fourth-order valence-corrected chi connectivity index (χ4v) is 2.13. The van der Waals surface area contributed by atoms with E-state index >= 15 is 0 Å². The van der Waals surface area contributed by atoms with Crippen LogP contribution in [0.3, 0.4) is 0 Å². The van der Waals surface area contributed by atoms with E-state index in [0.717, 1.165) is 0 Å². The van der Waals surface area contributed by atoms with E-state index in [1.54, 1.807) is 0 Å². The molecular weight excluding hydrogens is 204 g/mol. The molecule has 3 aromatic carbocycles. The Kier molecular flexibility index (Phi) is 2.41. The highest BCUT2D eigenvalue weighted by atomic mass is 14.0. The predicted molar refractivity (Wildman–Crippen MR) is 73.0 cm³/mol. The van der Waals surface area contributed by atoms with Crippen LogP contribution in [0.5, 0.6) is 0 Å². The molecule has 17 heavy (non-hydrogen) atoms. The van der Waals surface area contributed by atoms with Crippen molar-refractivity contribution in [2.24, 2.45) is 0 Å². The van der Waals surface area contributed by atoms with Gasteiger partial charge in [0.05, 0.1) is 0 Å². The average molecular weight is 217 g/mol. The summed E-state index contributed by atoms with van der Waals surface area (Å²) in [7, 11) is 0. The van der Waals surface area contributed by atoms with Crippen LogP contribution in [-0.2, 0) is 0 Å². The lowest BCUT2D eigenvalue weighted by Gasteiger charge is -2.04. The van der Waals surface area contributed by atoms with Gasteiger partial charge in [-0.25, -0.2) is 0 Å². The molecule has 0 aliphatic heterocycles. The highest BCUT2D eigenvalue weighted by molar-refractivity contribution is 5.87. The Labute approximate surface area is 102 Å². The maximum absolute atomic E-state index is 3.18. The molecule has 0 amide bonds. The van der Waals surface area contributed by atoms with Gasteiger partial charge in [-0.3, -0.25) is 0 Å². The second kappa shape index (κ2) is 4.06. The lowest BCUT2D eigenvalue weighted by atomic mass is 10.0. The molecule has 0 aliphatic carbocycles. The molecule has 0 heteroatoms. The zero-order valence-corrected chi connectivity index (χ0v) is 9.77. The summed E-state index contributed by atoms with van der Waals surface area (Å²) in [5, 5.41) is 2.57. The van der Waals surface area contributed by atoms with Crippen LogP contribution in [0.25, 0.3) is 21.9 Å². The Morgan fingerprint density at radius 3 is 2.41 bits per heavy atom. The normalized spacial score (nSPS) is 10.6. The van der Waals surface area contributed by atoms with Gasteiger partial charge in [-0.05, 0) is 52.6 Å². The zero-order valence-electron chi connectivity index (χ0n) is 9.77. The van der Waals surface area contributed by atoms with Crippen molar-refractivity contribution in [1.29, 1.82) is 0 Å². The third-order valence-corrected chi connectivity index (χ3v) is 3.02. The number of hydrogen-bond donors (Lipinski definition) is 0. The third kappa shape index (κ3) is 1.94. The Balaban J connectivity index is 2.18. The van der Waals surface area contributed by atoms with Crippen LogP contribution in [0, 0.1) is 13.0 Å². The maximum Gasteiger partial charge on any atom is -0.0175 e. The van der Waals surface area contributed by atoms with Crippen molar-refractivity contribution >= 4 is 10.8 Å². The van der Waals surface area contributed by atoms with E-state index in [1.807, 2.05) is 12.1 Å². The first-order chi connectivity index (χ1) is 8.33. The molecular formula is C17H13. The Bertz CT molecular complexity index is 665. The highest BCUT2D eigenvalue weighted by Crippen LogP contribution is 2.24. The van der Waals surface area contributed by atoms with E-state index in [9.17, 15) is 0 Å². The lowest BCUT2D eigenvalue weighted by Crippen LogP contribution is -1.80. The molecule has 0 heterocycles. The molecule has 0 saturated heterocycles. The van der Waals surface area contributed by atoms with Gasteiger partial charge in [-0.2, -0.15) is 0 Å². The van der Waals surface area contributed by atoms with Crippen molar-refractivity contribution in [3.05, 3.63) is 72.3 Å². The van der Waals surface area contributed by atoms with Gasteiger partial charge in [0.15, 0.2) is 0 Å². The number of aryl methyl sites for hydroxylation is 1. The van der Waals surface area contributed by atoms with Crippen molar-refractivity contribution in [3.8, 4) is 11.1 Å². The Morgan fingerprint density at radius 2 is 1.59 bits per heavy atom. The van der Waals surface area contributed by atoms with Crippen molar-refractivity contribution in [3.63, 3.8) is 0 Å². The number of fused-ring (bicyclic) bond motifs is 1. The van der Waals surface area contributed by atoms with E-state index < -0.39 is 0 Å². The molecule has 0 atom stereocenters. The van der Waals surface area contributed by atoms with Crippen LogP contribution in [0.4, 0.5) is 0 Å². The second-order valence-corrected chi connectivity index (χ2v) is 4.36. The molecule has 3 aromatic rings. The van der Waals surface area contributed by atoms with E-state index in [1.165, 1.54) is 27.5 Å². The largest absolute Gasteiger partial charge is 0.0616 e. The van der Waals surface area contributed by atoms with Crippen LogP contribution in [0.1, 0.15) is 5.56 Å². The number of hydrogen-bond acceptors (Lipinski definition) is 0. The SMILES string of the molecule is Cc1c[c]cc(-c2ccc3ccccc3c2)c1. The summed E-state index contributed by atoms with van der Waals surface area (Å²) in [4.78, 5) is 0. The van der Waals surface area contributed by atoms with Gasteiger partial charge in [0.1, 0.15) is 0 Å². The average Bonchev–Trinajstić information content (AvgIpc) is 2.38. The fourth-order valence-electron chi connectivity index (χ4n) is 2.13. The van der Waals surface area contributed by atoms with Crippen molar-refractivity contribution in [1.82, 2.24) is 0 Å². The second-order valence-electron chi connectivity index (χ2n) is 4.36. The van der Waals surface area contributed by atoms with Crippen molar-refractivity contribution < 1.29 is 0 Å². The summed E-state index contributed by atoms with van der Waals surface area (Å²) < 4.78 is 0. The minimum absolute atomic E-state index is 1.23. The third-order valence-electron chi connectivity index (χ3n) is 3.02. The van der Waals surface area contributed by atoms with E-state index in [2.05, 4.69) is 61.5 Å². The van der Waals surface area contributed by atoms with Gasteiger partial charge in [0, 0.05) is 0 Å². The topological polar surface area (TPSA) is 0 Å². The standard InChI is InChI=1S/C17H13/c1-13-5-4-8-15(11-13)17-10-9-14-6-2-3-7-16(14)12-17/h2-3,5-12H,1H3. The minimum atomic E-state index is 1.23. The molecule has 0 bridgehead atoms. The molecule has 0 unspecified atom stereocenters. The fraction of sp³-hybridized carbons (Fsp3) is 0.0588. The first-order valence-corrected chi connectivity index (χ1v) is 5.80. The van der Waals surface area contributed by atoms with Crippen LogP contribution < -0.4 is 0 Å². The molecule has 0 nitrogen and oxygen atoms in total. The maximum atomic E-state index is 3.18. The van der Waals surface area contributed by atoms with Crippen LogP contribution >= 0.6 is 0 Å². The number of rotatable bonds is 1. The van der Waals surface area contributed by atoms with Crippen LogP contribution in [-0.4, -0.2) is 0 Å². The Morgan fingerprint density at radius 1 is 0.765 bits per heavy atom. The molecule has 1 radical (unpaired) electrons. The lowest BCUT2D eigenvalue weighted by molar-refractivity contribution is 1.46. The van der Waals surface area contributed by atoms with Gasteiger partial charge < -0.3 is 0 Å². The summed E-state index contributed by atoms with van der Waals surface area (Å²) in [6.45, 7) is 2.10. The molecule has 0 fully saturated rings. The summed E-state index contributed by atoms with van der Waals surface area (Å²) >= 11 is 0. The van der Waals surface area contributed by atoms with Crippen LogP contribution in [0.15, 0.2) is 60.7 Å². The quantitative estimate of drug-likeness (QED) is 0.558. The Hall–Kier alpha value is -2.08. The van der Waals surface area contributed by atoms with E-state index in [-0.39, 0.29) is 0 Å². The monoisotopic (exact) mass is 217 g/mol. The first-order valence-electron chi connectivity index (χ1n) is 5.80. The molecule has 3 rings (SSSR count). The summed E-state index contributed by atoms with van der Waals surface area (Å²) in [6.07, 6.45) is 0. The summed E-state index contributed by atoms with van der Waals surface area (Å²) in [5.41, 5.74) is 3.73. The van der Waals surface area contributed by atoms with Gasteiger partial charge in [0.25, 0.3) is 0 Å². The molecule has 81 valence electrons. The zero-order chi connectivity index (χ0) is 11.7. The number of benzene rings is 3. The molecule has 0 aliphatic rings. The molecule has 0 N–H and O–H groups in total. The summed E-state index contributed by atoms with van der Waals surface area (Å²) in [6, 6.07) is 24.4. The van der Waals surface area contributed by atoms with Gasteiger partial charge in [-0.15, -0.1) is 0 Å². The van der Waals surface area contributed by atoms with E-state index in [0.29, 0.717) is 0 Å². The van der Waals surface area contributed by atoms with Gasteiger partial charge >= 0.3 is 0 Å².